The van der Waals surface area contributed by atoms with E-state index in [1.807, 2.05) is 18.9 Å². The van der Waals surface area contributed by atoms with Gasteiger partial charge in [0.15, 0.2) is 0 Å². The number of carboxylic acid groups (broad SMARTS) is 1. The smallest absolute Gasteiger partial charge is 0.307 e. The highest BCUT2D eigenvalue weighted by atomic mass is 16.4. The lowest BCUT2D eigenvalue weighted by Gasteiger charge is -2.27. The maximum Gasteiger partial charge on any atom is 0.307 e. The number of rotatable bonds is 6. The molecule has 1 amide bonds. The van der Waals surface area contributed by atoms with Gasteiger partial charge in [0.2, 0.25) is 5.91 Å². The molecule has 88 valence electrons. The Morgan fingerprint density at radius 2 is 1.93 bits per heavy atom. The molecule has 2 N–H and O–H groups in total. The minimum Gasteiger partial charge on any atom is -0.481 e. The Morgan fingerprint density at radius 1 is 1.40 bits per heavy atom. The zero-order valence-electron chi connectivity index (χ0n) is 9.78. The van der Waals surface area contributed by atoms with E-state index in [0.717, 1.165) is 0 Å². The minimum absolute atomic E-state index is 0.0305. The molecule has 2 atom stereocenters. The van der Waals surface area contributed by atoms with Gasteiger partial charge < -0.3 is 15.3 Å². The quantitative estimate of drug-likeness (QED) is 0.663. The molecule has 5 heteroatoms. The van der Waals surface area contributed by atoms with Crippen molar-refractivity contribution in [2.45, 2.75) is 26.3 Å². The maximum atomic E-state index is 11.0. The molecular weight excluding hydrogens is 196 g/mol. The van der Waals surface area contributed by atoms with Crippen LogP contribution in [0.5, 0.6) is 0 Å². The van der Waals surface area contributed by atoms with Crippen molar-refractivity contribution >= 4 is 11.9 Å². The fraction of sp³-hybridized carbons (Fsp3) is 0.800. The van der Waals surface area contributed by atoms with E-state index in [4.69, 9.17) is 5.11 Å². The van der Waals surface area contributed by atoms with Crippen LogP contribution in [0.2, 0.25) is 0 Å². The highest BCUT2D eigenvalue weighted by Gasteiger charge is 2.22. The third kappa shape index (κ3) is 4.78. The highest BCUT2D eigenvalue weighted by Crippen LogP contribution is 2.09. The molecule has 0 aromatic rings. The Balaban J connectivity index is 4.04. The summed E-state index contributed by atoms with van der Waals surface area (Å²) in [4.78, 5) is 23.6. The molecule has 0 rings (SSSR count). The molecule has 0 saturated carbocycles. The first kappa shape index (κ1) is 13.9. The molecule has 0 aliphatic rings. The summed E-state index contributed by atoms with van der Waals surface area (Å²) in [7, 11) is 3.42. The van der Waals surface area contributed by atoms with E-state index in [0.29, 0.717) is 13.0 Å². The van der Waals surface area contributed by atoms with Gasteiger partial charge in [-0.25, -0.2) is 0 Å². The van der Waals surface area contributed by atoms with Gasteiger partial charge in [-0.05, 0) is 14.0 Å². The molecule has 0 saturated heterocycles. The molecule has 0 fully saturated rings. The molecule has 0 radical (unpaired) electrons. The van der Waals surface area contributed by atoms with Gasteiger partial charge in [0.1, 0.15) is 0 Å². The van der Waals surface area contributed by atoms with Crippen LogP contribution in [-0.4, -0.2) is 48.6 Å². The van der Waals surface area contributed by atoms with Gasteiger partial charge in [-0.15, -0.1) is 0 Å². The number of hydrogen-bond acceptors (Lipinski definition) is 3. The van der Waals surface area contributed by atoms with E-state index in [9.17, 15) is 9.59 Å². The van der Waals surface area contributed by atoms with Gasteiger partial charge >= 0.3 is 5.97 Å². The van der Waals surface area contributed by atoms with E-state index in [-0.39, 0.29) is 11.9 Å². The fourth-order valence-electron chi connectivity index (χ4n) is 1.19. The molecule has 5 nitrogen and oxygen atoms in total. The Kier molecular flexibility index (Phi) is 5.93. The largest absolute Gasteiger partial charge is 0.481 e. The number of hydrogen-bond donors (Lipinski definition) is 2. The van der Waals surface area contributed by atoms with Crippen LogP contribution in [0, 0.1) is 5.92 Å². The summed E-state index contributed by atoms with van der Waals surface area (Å²) in [5.74, 6) is -1.27. The Labute approximate surface area is 90.5 Å². The van der Waals surface area contributed by atoms with E-state index >= 15 is 0 Å². The first-order valence-electron chi connectivity index (χ1n) is 5.03. The van der Waals surface area contributed by atoms with Crippen LogP contribution in [0.4, 0.5) is 0 Å². The lowest BCUT2D eigenvalue weighted by molar-refractivity contribution is -0.143. The predicted octanol–water partition coefficient (Wildman–Crippen LogP) is 0.164. The minimum atomic E-state index is -0.811. The van der Waals surface area contributed by atoms with Gasteiger partial charge in [0.05, 0.1) is 5.92 Å². The molecule has 2 unspecified atom stereocenters. The molecule has 0 aliphatic heterocycles. The molecule has 0 aromatic heterocycles. The Morgan fingerprint density at radius 3 is 2.33 bits per heavy atom. The molecule has 0 aliphatic carbocycles. The first-order valence-corrected chi connectivity index (χ1v) is 5.03. The van der Waals surface area contributed by atoms with E-state index in [1.165, 1.54) is 0 Å². The van der Waals surface area contributed by atoms with Gasteiger partial charge in [-0.2, -0.15) is 0 Å². The van der Waals surface area contributed by atoms with Crippen molar-refractivity contribution in [3.63, 3.8) is 0 Å². The number of aliphatic carboxylic acids is 1. The second-order valence-corrected chi connectivity index (χ2v) is 3.77. The van der Waals surface area contributed by atoms with Crippen LogP contribution in [0.25, 0.3) is 0 Å². The number of carboxylic acids is 1. The van der Waals surface area contributed by atoms with Crippen molar-refractivity contribution in [3.05, 3.63) is 0 Å². The lowest BCUT2D eigenvalue weighted by Crippen LogP contribution is -2.39. The zero-order chi connectivity index (χ0) is 12.0. The molecule has 0 spiro atoms. The van der Waals surface area contributed by atoms with Gasteiger partial charge in [-0.1, -0.05) is 6.92 Å². The number of amides is 1. The normalized spacial score (nSPS) is 14.7. The number of carbonyl (C=O) groups excluding carboxylic acids is 1. The first-order chi connectivity index (χ1) is 6.90. The molecule has 0 heterocycles. The second kappa shape index (κ2) is 6.40. The van der Waals surface area contributed by atoms with Crippen LogP contribution in [-0.2, 0) is 9.59 Å². The van der Waals surface area contributed by atoms with E-state index < -0.39 is 11.9 Å². The van der Waals surface area contributed by atoms with Crippen LogP contribution in [0.15, 0.2) is 0 Å². The number of carbonyl (C=O) groups is 2. The topological polar surface area (TPSA) is 69.6 Å². The zero-order valence-corrected chi connectivity index (χ0v) is 9.78. The van der Waals surface area contributed by atoms with Crippen molar-refractivity contribution < 1.29 is 14.7 Å². The SMILES string of the molecule is CNC(=O)CCN(C)C(C)C(C)C(=O)O. The van der Waals surface area contributed by atoms with Crippen molar-refractivity contribution in [1.29, 1.82) is 0 Å². The Bertz CT molecular complexity index is 231. The standard InChI is InChI=1S/C10H20N2O3/c1-7(10(14)15)8(2)12(4)6-5-9(13)11-3/h7-8H,5-6H2,1-4H3,(H,11,13)(H,14,15). The number of nitrogens with zero attached hydrogens (tertiary/aromatic N) is 1. The van der Waals surface area contributed by atoms with E-state index in [2.05, 4.69) is 5.32 Å². The van der Waals surface area contributed by atoms with Crippen LogP contribution in [0.1, 0.15) is 20.3 Å². The molecule has 15 heavy (non-hydrogen) atoms. The lowest BCUT2D eigenvalue weighted by atomic mass is 10.0. The van der Waals surface area contributed by atoms with Gasteiger partial charge in [0.25, 0.3) is 0 Å². The number of nitrogens with one attached hydrogen (secondary N) is 1. The summed E-state index contributed by atoms with van der Waals surface area (Å²) in [5.41, 5.74) is 0. The predicted molar refractivity (Wildman–Crippen MR) is 57.6 cm³/mol. The summed E-state index contributed by atoms with van der Waals surface area (Å²) in [6.07, 6.45) is 0.393. The van der Waals surface area contributed by atoms with Gasteiger partial charge in [0, 0.05) is 26.1 Å². The third-order valence-electron chi connectivity index (χ3n) is 2.78. The summed E-state index contributed by atoms with van der Waals surface area (Å²) in [5, 5.41) is 11.3. The molecule has 0 bridgehead atoms. The van der Waals surface area contributed by atoms with Crippen LogP contribution >= 0.6 is 0 Å². The van der Waals surface area contributed by atoms with Crippen molar-refractivity contribution in [1.82, 2.24) is 10.2 Å². The summed E-state index contributed by atoms with van der Waals surface area (Å²) in [6.45, 7) is 4.09. The highest BCUT2D eigenvalue weighted by molar-refractivity contribution is 5.75. The van der Waals surface area contributed by atoms with Gasteiger partial charge in [-0.3, -0.25) is 9.59 Å². The summed E-state index contributed by atoms with van der Waals surface area (Å²) >= 11 is 0. The summed E-state index contributed by atoms with van der Waals surface area (Å²) < 4.78 is 0. The monoisotopic (exact) mass is 216 g/mol. The summed E-state index contributed by atoms with van der Waals surface area (Å²) in [6, 6.07) is -0.0767. The third-order valence-corrected chi connectivity index (χ3v) is 2.78. The van der Waals surface area contributed by atoms with E-state index in [1.54, 1.807) is 14.0 Å². The average Bonchev–Trinajstić information content (AvgIpc) is 2.22. The van der Waals surface area contributed by atoms with Crippen LogP contribution in [0.3, 0.4) is 0 Å². The average molecular weight is 216 g/mol. The molecule has 0 aromatic carbocycles. The Hall–Kier alpha value is -1.10. The fourth-order valence-corrected chi connectivity index (χ4v) is 1.19. The van der Waals surface area contributed by atoms with Crippen LogP contribution < -0.4 is 5.32 Å². The maximum absolute atomic E-state index is 11.0. The van der Waals surface area contributed by atoms with Crippen molar-refractivity contribution in [3.8, 4) is 0 Å². The second-order valence-electron chi connectivity index (χ2n) is 3.77. The van der Waals surface area contributed by atoms with Crippen molar-refractivity contribution in [2.75, 3.05) is 20.6 Å². The molecular formula is C10H20N2O3. The van der Waals surface area contributed by atoms with Crippen molar-refractivity contribution in [2.24, 2.45) is 5.92 Å².